The van der Waals surface area contributed by atoms with Gasteiger partial charge in [-0.15, -0.1) is 0 Å². The van der Waals surface area contributed by atoms with E-state index in [0.29, 0.717) is 18.0 Å². The van der Waals surface area contributed by atoms with Crippen LogP contribution in [0.25, 0.3) is 0 Å². The van der Waals surface area contributed by atoms with E-state index in [1.165, 1.54) is 0 Å². The predicted octanol–water partition coefficient (Wildman–Crippen LogP) is 3.98. The van der Waals surface area contributed by atoms with Gasteiger partial charge < -0.3 is 19.5 Å². The number of hydrogen-bond acceptors (Lipinski definition) is 4. The summed E-state index contributed by atoms with van der Waals surface area (Å²) < 4.78 is 10.5. The SMILES string of the molecule is CCN(C(=O)Oc1ccc(OC)cc1)[C@@H](C)c1cccc(O)c1. The van der Waals surface area contributed by atoms with Gasteiger partial charge in [-0.2, -0.15) is 0 Å². The molecule has 1 amide bonds. The Labute approximate surface area is 136 Å². The second-order valence-corrected chi connectivity index (χ2v) is 5.10. The number of carbonyl (C=O) groups excluding carboxylic acids is 1. The summed E-state index contributed by atoms with van der Waals surface area (Å²) in [6.07, 6.45) is -0.437. The molecule has 1 atom stereocenters. The van der Waals surface area contributed by atoms with Gasteiger partial charge in [-0.25, -0.2) is 4.79 Å². The Morgan fingerprint density at radius 3 is 2.39 bits per heavy atom. The molecule has 0 aliphatic carbocycles. The van der Waals surface area contributed by atoms with Gasteiger partial charge in [-0.3, -0.25) is 0 Å². The van der Waals surface area contributed by atoms with Gasteiger partial charge in [0.2, 0.25) is 0 Å². The monoisotopic (exact) mass is 315 g/mol. The zero-order chi connectivity index (χ0) is 16.8. The Morgan fingerprint density at radius 1 is 1.17 bits per heavy atom. The second kappa shape index (κ2) is 7.54. The maximum absolute atomic E-state index is 12.4. The third-order valence-corrected chi connectivity index (χ3v) is 3.66. The Bertz CT molecular complexity index is 654. The largest absolute Gasteiger partial charge is 0.508 e. The van der Waals surface area contributed by atoms with Crippen molar-refractivity contribution in [3.05, 3.63) is 54.1 Å². The predicted molar refractivity (Wildman–Crippen MR) is 87.9 cm³/mol. The molecule has 2 rings (SSSR count). The van der Waals surface area contributed by atoms with Gasteiger partial charge in [-0.05, 0) is 55.8 Å². The van der Waals surface area contributed by atoms with Crippen LogP contribution in [0.2, 0.25) is 0 Å². The van der Waals surface area contributed by atoms with Crippen molar-refractivity contribution in [1.82, 2.24) is 4.90 Å². The van der Waals surface area contributed by atoms with Crippen molar-refractivity contribution in [2.24, 2.45) is 0 Å². The number of carbonyl (C=O) groups is 1. The smallest absolute Gasteiger partial charge is 0.415 e. The first-order valence-corrected chi connectivity index (χ1v) is 7.46. The van der Waals surface area contributed by atoms with Crippen LogP contribution >= 0.6 is 0 Å². The van der Waals surface area contributed by atoms with Gasteiger partial charge in [0.25, 0.3) is 0 Å². The highest BCUT2D eigenvalue weighted by molar-refractivity contribution is 5.71. The fraction of sp³-hybridized carbons (Fsp3) is 0.278. The molecule has 0 aliphatic heterocycles. The van der Waals surface area contributed by atoms with Crippen molar-refractivity contribution in [2.75, 3.05) is 13.7 Å². The minimum absolute atomic E-state index is 0.175. The van der Waals surface area contributed by atoms with Crippen molar-refractivity contribution in [2.45, 2.75) is 19.9 Å². The lowest BCUT2D eigenvalue weighted by molar-refractivity contribution is 0.138. The summed E-state index contributed by atoms with van der Waals surface area (Å²) in [7, 11) is 1.58. The molecule has 0 bridgehead atoms. The van der Waals surface area contributed by atoms with Crippen molar-refractivity contribution in [3.63, 3.8) is 0 Å². The lowest BCUT2D eigenvalue weighted by Crippen LogP contribution is -2.35. The highest BCUT2D eigenvalue weighted by Crippen LogP contribution is 2.25. The van der Waals surface area contributed by atoms with E-state index in [0.717, 1.165) is 5.56 Å². The molecular formula is C18H21NO4. The first-order valence-electron chi connectivity index (χ1n) is 7.46. The fourth-order valence-electron chi connectivity index (χ4n) is 2.33. The molecule has 0 aliphatic rings. The van der Waals surface area contributed by atoms with Crippen LogP contribution in [0.15, 0.2) is 48.5 Å². The molecule has 5 heteroatoms. The van der Waals surface area contributed by atoms with Gasteiger partial charge in [0.1, 0.15) is 17.2 Å². The van der Waals surface area contributed by atoms with Crippen LogP contribution in [0.4, 0.5) is 4.79 Å². The van der Waals surface area contributed by atoms with E-state index >= 15 is 0 Å². The topological polar surface area (TPSA) is 59.0 Å². The number of nitrogens with zero attached hydrogens (tertiary/aromatic N) is 1. The van der Waals surface area contributed by atoms with E-state index in [4.69, 9.17) is 9.47 Å². The third-order valence-electron chi connectivity index (χ3n) is 3.66. The molecule has 2 aromatic carbocycles. The van der Waals surface area contributed by atoms with Gasteiger partial charge >= 0.3 is 6.09 Å². The van der Waals surface area contributed by atoms with Crippen LogP contribution < -0.4 is 9.47 Å². The summed E-state index contributed by atoms with van der Waals surface area (Å²) in [6, 6.07) is 13.5. The highest BCUT2D eigenvalue weighted by atomic mass is 16.6. The number of phenolic OH excluding ortho intramolecular Hbond substituents is 1. The Kier molecular flexibility index (Phi) is 5.46. The van der Waals surface area contributed by atoms with E-state index in [2.05, 4.69) is 0 Å². The van der Waals surface area contributed by atoms with E-state index in [1.807, 2.05) is 19.9 Å². The number of rotatable bonds is 5. The van der Waals surface area contributed by atoms with Crippen LogP contribution in [0.3, 0.4) is 0 Å². The number of ether oxygens (including phenoxy) is 2. The molecule has 2 aromatic rings. The molecule has 5 nitrogen and oxygen atoms in total. The number of benzene rings is 2. The first kappa shape index (κ1) is 16.7. The van der Waals surface area contributed by atoms with E-state index in [-0.39, 0.29) is 11.8 Å². The normalized spacial score (nSPS) is 11.6. The molecular weight excluding hydrogens is 294 g/mol. The zero-order valence-electron chi connectivity index (χ0n) is 13.5. The summed E-state index contributed by atoms with van der Waals surface area (Å²) in [5.41, 5.74) is 0.846. The summed E-state index contributed by atoms with van der Waals surface area (Å²) >= 11 is 0. The average Bonchev–Trinajstić information content (AvgIpc) is 2.56. The first-order chi connectivity index (χ1) is 11.0. The molecule has 23 heavy (non-hydrogen) atoms. The maximum Gasteiger partial charge on any atom is 0.415 e. The number of methoxy groups -OCH3 is 1. The number of amides is 1. The Hall–Kier alpha value is -2.69. The lowest BCUT2D eigenvalue weighted by atomic mass is 10.1. The Balaban J connectivity index is 2.10. The van der Waals surface area contributed by atoms with Crippen molar-refractivity contribution in [1.29, 1.82) is 0 Å². The summed E-state index contributed by atoms with van der Waals surface area (Å²) in [5.74, 6) is 1.33. The maximum atomic E-state index is 12.4. The number of phenols is 1. The lowest BCUT2D eigenvalue weighted by Gasteiger charge is -2.27. The molecule has 0 saturated carbocycles. The molecule has 0 unspecified atom stereocenters. The van der Waals surface area contributed by atoms with Gasteiger partial charge in [0.15, 0.2) is 0 Å². The van der Waals surface area contributed by atoms with Crippen LogP contribution in [0, 0.1) is 0 Å². The van der Waals surface area contributed by atoms with E-state index < -0.39 is 6.09 Å². The molecule has 122 valence electrons. The summed E-state index contributed by atoms with van der Waals surface area (Å²) in [4.78, 5) is 14.0. The second-order valence-electron chi connectivity index (χ2n) is 5.10. The van der Waals surface area contributed by atoms with Crippen LogP contribution in [0.5, 0.6) is 17.2 Å². The highest BCUT2D eigenvalue weighted by Gasteiger charge is 2.22. The van der Waals surface area contributed by atoms with Crippen LogP contribution in [0.1, 0.15) is 25.5 Å². The van der Waals surface area contributed by atoms with Crippen LogP contribution in [-0.4, -0.2) is 29.8 Å². The molecule has 0 radical (unpaired) electrons. The number of aromatic hydroxyl groups is 1. The Morgan fingerprint density at radius 2 is 1.83 bits per heavy atom. The molecule has 0 aromatic heterocycles. The van der Waals surface area contributed by atoms with Gasteiger partial charge in [0, 0.05) is 6.54 Å². The van der Waals surface area contributed by atoms with Crippen molar-refractivity contribution >= 4 is 6.09 Å². The van der Waals surface area contributed by atoms with Crippen molar-refractivity contribution in [3.8, 4) is 17.2 Å². The van der Waals surface area contributed by atoms with Crippen LogP contribution in [-0.2, 0) is 0 Å². The average molecular weight is 315 g/mol. The van der Waals surface area contributed by atoms with Gasteiger partial charge in [-0.1, -0.05) is 12.1 Å². The third kappa shape index (κ3) is 4.16. The zero-order valence-corrected chi connectivity index (χ0v) is 13.5. The van der Waals surface area contributed by atoms with Gasteiger partial charge in [0.05, 0.1) is 13.2 Å². The van der Waals surface area contributed by atoms with E-state index in [1.54, 1.807) is 54.5 Å². The number of hydrogen-bond donors (Lipinski definition) is 1. The molecule has 0 heterocycles. The minimum Gasteiger partial charge on any atom is -0.508 e. The molecule has 0 fully saturated rings. The summed E-state index contributed by atoms with van der Waals surface area (Å²) in [6.45, 7) is 4.27. The quantitative estimate of drug-likeness (QED) is 0.906. The summed E-state index contributed by atoms with van der Waals surface area (Å²) in [5, 5.41) is 9.59. The molecule has 0 spiro atoms. The standard InChI is InChI=1S/C18H21NO4/c1-4-19(13(2)14-6-5-7-15(20)12-14)18(21)23-17-10-8-16(22-3)9-11-17/h5-13,20H,4H2,1-3H3/t13-/m0/s1. The van der Waals surface area contributed by atoms with E-state index in [9.17, 15) is 9.90 Å². The van der Waals surface area contributed by atoms with Crippen molar-refractivity contribution < 1.29 is 19.4 Å². The minimum atomic E-state index is -0.437. The molecule has 0 saturated heterocycles. The molecule has 1 N–H and O–H groups in total. The fourth-order valence-corrected chi connectivity index (χ4v) is 2.33.